The van der Waals surface area contributed by atoms with E-state index >= 15 is 0 Å². The third kappa shape index (κ3) is 2.47. The Morgan fingerprint density at radius 2 is 1.86 bits per heavy atom. The van der Waals surface area contributed by atoms with Crippen LogP contribution < -0.4 is 5.73 Å². The van der Waals surface area contributed by atoms with Gasteiger partial charge in [0.25, 0.3) is 0 Å². The summed E-state index contributed by atoms with van der Waals surface area (Å²) in [7, 11) is 0. The summed E-state index contributed by atoms with van der Waals surface area (Å²) in [4.78, 5) is 4.84. The highest BCUT2D eigenvalue weighted by molar-refractivity contribution is 5.90. The quantitative estimate of drug-likeness (QED) is 0.719. The minimum atomic E-state index is 0.545. The fourth-order valence-corrected chi connectivity index (χ4v) is 2.82. The smallest absolute Gasteiger partial charge is 0.141 e. The zero-order valence-corrected chi connectivity index (χ0v) is 13.7. The number of benzene rings is 2. The minimum Gasteiger partial charge on any atom is -0.397 e. The number of imidazole rings is 1. The number of fused-ring (bicyclic) bond motifs is 1. The van der Waals surface area contributed by atoms with Gasteiger partial charge in [-0.3, -0.25) is 0 Å². The van der Waals surface area contributed by atoms with Crippen LogP contribution in [0.5, 0.6) is 0 Å². The SMILES string of the molecule is Cc1ccc(-c2nc3c(N)cccc3n2CC(C)C)cc1C. The van der Waals surface area contributed by atoms with Crippen molar-refractivity contribution in [2.45, 2.75) is 34.2 Å². The number of para-hydroxylation sites is 1. The second kappa shape index (κ2) is 5.48. The second-order valence-corrected chi connectivity index (χ2v) is 6.45. The number of nitrogens with two attached hydrogens (primary N) is 1. The first kappa shape index (κ1) is 14.6. The predicted octanol–water partition coefficient (Wildman–Crippen LogP) is 4.56. The van der Waals surface area contributed by atoms with Crippen molar-refractivity contribution in [2.75, 3.05) is 5.73 Å². The molecule has 0 aliphatic carbocycles. The zero-order chi connectivity index (χ0) is 15.9. The summed E-state index contributed by atoms with van der Waals surface area (Å²) in [5.41, 5.74) is 12.6. The molecule has 2 aromatic carbocycles. The number of nitrogen functional groups attached to an aromatic ring is 1. The lowest BCUT2D eigenvalue weighted by Gasteiger charge is -2.12. The number of rotatable bonds is 3. The maximum atomic E-state index is 6.13. The van der Waals surface area contributed by atoms with Gasteiger partial charge < -0.3 is 10.3 Å². The Labute approximate surface area is 131 Å². The van der Waals surface area contributed by atoms with Gasteiger partial charge in [-0.2, -0.15) is 0 Å². The Morgan fingerprint density at radius 1 is 1.09 bits per heavy atom. The van der Waals surface area contributed by atoms with Gasteiger partial charge in [0.2, 0.25) is 0 Å². The minimum absolute atomic E-state index is 0.545. The van der Waals surface area contributed by atoms with Crippen LogP contribution in [0.25, 0.3) is 22.4 Å². The third-order valence-electron chi connectivity index (χ3n) is 4.12. The van der Waals surface area contributed by atoms with Crippen molar-refractivity contribution in [2.24, 2.45) is 5.92 Å². The molecule has 3 heteroatoms. The Bertz CT molecular complexity index is 828. The van der Waals surface area contributed by atoms with Crippen LogP contribution in [0.2, 0.25) is 0 Å². The Kier molecular flexibility index (Phi) is 3.65. The Balaban J connectivity index is 2.27. The van der Waals surface area contributed by atoms with Crippen LogP contribution in [0.4, 0.5) is 5.69 Å². The summed E-state index contributed by atoms with van der Waals surface area (Å²) in [6.07, 6.45) is 0. The predicted molar refractivity (Wildman–Crippen MR) is 93.9 cm³/mol. The van der Waals surface area contributed by atoms with Crippen LogP contribution in [0.3, 0.4) is 0 Å². The lowest BCUT2D eigenvalue weighted by molar-refractivity contribution is 0.536. The number of hydrogen-bond donors (Lipinski definition) is 1. The monoisotopic (exact) mass is 293 g/mol. The first-order valence-electron chi connectivity index (χ1n) is 7.79. The summed E-state index contributed by atoms with van der Waals surface area (Å²) in [6, 6.07) is 12.5. The fourth-order valence-electron chi connectivity index (χ4n) is 2.82. The molecular formula is C19H23N3. The molecule has 22 heavy (non-hydrogen) atoms. The standard InChI is InChI=1S/C19H23N3/c1-12(2)11-22-17-7-5-6-16(20)18(17)21-19(22)15-9-8-13(3)14(4)10-15/h5-10,12H,11,20H2,1-4H3. The summed E-state index contributed by atoms with van der Waals surface area (Å²) in [5, 5.41) is 0. The molecule has 0 saturated heterocycles. The van der Waals surface area contributed by atoms with Gasteiger partial charge in [-0.05, 0) is 49.1 Å². The number of hydrogen-bond acceptors (Lipinski definition) is 2. The average molecular weight is 293 g/mol. The molecule has 1 heterocycles. The van der Waals surface area contributed by atoms with Crippen molar-refractivity contribution < 1.29 is 0 Å². The van der Waals surface area contributed by atoms with E-state index in [2.05, 4.69) is 56.5 Å². The van der Waals surface area contributed by atoms with E-state index in [9.17, 15) is 0 Å². The second-order valence-electron chi connectivity index (χ2n) is 6.45. The van der Waals surface area contributed by atoms with Crippen molar-refractivity contribution in [3.8, 4) is 11.4 Å². The van der Waals surface area contributed by atoms with Crippen molar-refractivity contribution in [1.29, 1.82) is 0 Å². The number of aromatic nitrogens is 2. The van der Waals surface area contributed by atoms with E-state index in [1.54, 1.807) is 0 Å². The number of aryl methyl sites for hydroxylation is 2. The molecule has 0 aliphatic heterocycles. The maximum absolute atomic E-state index is 6.13. The molecule has 0 aliphatic rings. The van der Waals surface area contributed by atoms with Crippen LogP contribution in [0.15, 0.2) is 36.4 Å². The van der Waals surface area contributed by atoms with Crippen LogP contribution >= 0.6 is 0 Å². The van der Waals surface area contributed by atoms with Gasteiger partial charge in [0, 0.05) is 12.1 Å². The molecule has 0 unspecified atom stereocenters. The lowest BCUT2D eigenvalue weighted by Crippen LogP contribution is -2.06. The van der Waals surface area contributed by atoms with E-state index in [4.69, 9.17) is 10.7 Å². The molecule has 3 rings (SSSR count). The summed E-state index contributed by atoms with van der Waals surface area (Å²) >= 11 is 0. The first-order chi connectivity index (χ1) is 10.5. The molecule has 3 nitrogen and oxygen atoms in total. The highest BCUT2D eigenvalue weighted by atomic mass is 15.1. The molecule has 114 valence electrons. The molecule has 0 spiro atoms. The molecule has 0 amide bonds. The van der Waals surface area contributed by atoms with Gasteiger partial charge in [-0.15, -0.1) is 0 Å². The molecule has 0 atom stereocenters. The van der Waals surface area contributed by atoms with E-state index in [0.29, 0.717) is 5.92 Å². The van der Waals surface area contributed by atoms with Crippen molar-refractivity contribution >= 4 is 16.7 Å². The molecule has 0 saturated carbocycles. The third-order valence-corrected chi connectivity index (χ3v) is 4.12. The zero-order valence-electron chi connectivity index (χ0n) is 13.7. The van der Waals surface area contributed by atoms with Crippen LogP contribution in [0, 0.1) is 19.8 Å². The van der Waals surface area contributed by atoms with Crippen LogP contribution in [-0.4, -0.2) is 9.55 Å². The van der Waals surface area contributed by atoms with Gasteiger partial charge >= 0.3 is 0 Å². The van der Waals surface area contributed by atoms with Crippen molar-refractivity contribution in [1.82, 2.24) is 9.55 Å². The number of nitrogens with zero attached hydrogens (tertiary/aromatic N) is 2. The van der Waals surface area contributed by atoms with Gasteiger partial charge in [-0.25, -0.2) is 4.98 Å². The van der Waals surface area contributed by atoms with Crippen LogP contribution in [-0.2, 0) is 6.54 Å². The molecule has 0 radical (unpaired) electrons. The fraction of sp³-hybridized carbons (Fsp3) is 0.316. The summed E-state index contributed by atoms with van der Waals surface area (Å²) < 4.78 is 2.29. The van der Waals surface area contributed by atoms with Gasteiger partial charge in [0.1, 0.15) is 11.3 Å². The largest absolute Gasteiger partial charge is 0.397 e. The van der Waals surface area contributed by atoms with Gasteiger partial charge in [0.15, 0.2) is 0 Å². The highest BCUT2D eigenvalue weighted by Gasteiger charge is 2.15. The summed E-state index contributed by atoms with van der Waals surface area (Å²) in [5.74, 6) is 1.55. The molecule has 2 N–H and O–H groups in total. The van der Waals surface area contributed by atoms with E-state index in [0.717, 1.165) is 34.7 Å². The van der Waals surface area contributed by atoms with E-state index in [1.807, 2.05) is 12.1 Å². The van der Waals surface area contributed by atoms with E-state index in [-0.39, 0.29) is 0 Å². The van der Waals surface area contributed by atoms with Gasteiger partial charge in [0.05, 0.1) is 11.2 Å². The first-order valence-corrected chi connectivity index (χ1v) is 7.79. The number of anilines is 1. The molecule has 1 aromatic heterocycles. The Hall–Kier alpha value is -2.29. The highest BCUT2D eigenvalue weighted by Crippen LogP contribution is 2.29. The maximum Gasteiger partial charge on any atom is 0.141 e. The van der Waals surface area contributed by atoms with E-state index in [1.165, 1.54) is 11.1 Å². The van der Waals surface area contributed by atoms with Gasteiger partial charge in [-0.1, -0.05) is 32.0 Å². The Morgan fingerprint density at radius 3 is 2.55 bits per heavy atom. The molecule has 3 aromatic rings. The molecular weight excluding hydrogens is 270 g/mol. The normalized spacial score (nSPS) is 11.5. The summed E-state index contributed by atoms with van der Waals surface area (Å²) in [6.45, 7) is 9.66. The van der Waals surface area contributed by atoms with Crippen molar-refractivity contribution in [3.05, 3.63) is 47.5 Å². The topological polar surface area (TPSA) is 43.8 Å². The lowest BCUT2D eigenvalue weighted by atomic mass is 10.1. The van der Waals surface area contributed by atoms with Crippen LogP contribution in [0.1, 0.15) is 25.0 Å². The van der Waals surface area contributed by atoms with E-state index < -0.39 is 0 Å². The van der Waals surface area contributed by atoms with Crippen molar-refractivity contribution in [3.63, 3.8) is 0 Å². The molecule has 0 bridgehead atoms. The molecule has 0 fully saturated rings. The average Bonchev–Trinajstić information content (AvgIpc) is 2.82.